The lowest BCUT2D eigenvalue weighted by molar-refractivity contribution is 0.962. The highest BCUT2D eigenvalue weighted by atomic mass is 15.1. The molecule has 152 valence electrons. The molecule has 0 unspecified atom stereocenters. The summed E-state index contributed by atoms with van der Waals surface area (Å²) in [6.45, 7) is 19.4. The fourth-order valence-corrected chi connectivity index (χ4v) is 3.76. The SMILES string of the molecule is Cc1ccc(Cc2nc(Nc3cc(C)c(C)c(C)c3C)nc(C)c2C)c(C)c1C. The van der Waals surface area contributed by atoms with Crippen molar-refractivity contribution in [2.75, 3.05) is 5.32 Å². The zero-order valence-corrected chi connectivity index (χ0v) is 19.3. The highest BCUT2D eigenvalue weighted by molar-refractivity contribution is 5.64. The van der Waals surface area contributed by atoms with Crippen LogP contribution in [0.3, 0.4) is 0 Å². The van der Waals surface area contributed by atoms with E-state index < -0.39 is 0 Å². The monoisotopic (exact) mass is 387 g/mol. The van der Waals surface area contributed by atoms with Crippen molar-refractivity contribution in [2.24, 2.45) is 0 Å². The van der Waals surface area contributed by atoms with Gasteiger partial charge in [0.05, 0.1) is 5.69 Å². The van der Waals surface area contributed by atoms with E-state index >= 15 is 0 Å². The van der Waals surface area contributed by atoms with E-state index in [0.717, 1.165) is 23.5 Å². The molecule has 3 aromatic rings. The molecule has 29 heavy (non-hydrogen) atoms. The Labute approximate surface area is 175 Å². The Morgan fingerprint density at radius 3 is 2.00 bits per heavy atom. The zero-order chi connectivity index (χ0) is 21.5. The van der Waals surface area contributed by atoms with Crippen LogP contribution in [0.25, 0.3) is 0 Å². The molecule has 0 aliphatic heterocycles. The third-order valence-corrected chi connectivity index (χ3v) is 6.75. The third kappa shape index (κ3) is 4.05. The summed E-state index contributed by atoms with van der Waals surface area (Å²) < 4.78 is 0. The number of hydrogen-bond acceptors (Lipinski definition) is 3. The van der Waals surface area contributed by atoms with Gasteiger partial charge in [-0.05, 0) is 118 Å². The van der Waals surface area contributed by atoms with Gasteiger partial charge in [0.2, 0.25) is 5.95 Å². The van der Waals surface area contributed by atoms with E-state index in [1.54, 1.807) is 0 Å². The summed E-state index contributed by atoms with van der Waals surface area (Å²) in [5.74, 6) is 0.676. The van der Waals surface area contributed by atoms with Gasteiger partial charge in [0, 0.05) is 17.8 Å². The smallest absolute Gasteiger partial charge is 0.227 e. The Balaban J connectivity index is 2.00. The average molecular weight is 388 g/mol. The van der Waals surface area contributed by atoms with Gasteiger partial charge in [0.1, 0.15) is 0 Å². The van der Waals surface area contributed by atoms with Crippen LogP contribution >= 0.6 is 0 Å². The van der Waals surface area contributed by atoms with Crippen LogP contribution in [0.1, 0.15) is 61.5 Å². The Morgan fingerprint density at radius 2 is 1.31 bits per heavy atom. The summed E-state index contributed by atoms with van der Waals surface area (Å²) in [6.07, 6.45) is 0.821. The molecular weight excluding hydrogens is 354 g/mol. The maximum Gasteiger partial charge on any atom is 0.227 e. The minimum Gasteiger partial charge on any atom is -0.324 e. The van der Waals surface area contributed by atoms with Crippen molar-refractivity contribution in [3.63, 3.8) is 0 Å². The molecule has 0 aliphatic rings. The number of aryl methyl sites for hydroxylation is 3. The second-order valence-corrected chi connectivity index (χ2v) is 8.41. The molecule has 0 spiro atoms. The largest absolute Gasteiger partial charge is 0.324 e. The number of benzene rings is 2. The van der Waals surface area contributed by atoms with E-state index in [4.69, 9.17) is 9.97 Å². The lowest BCUT2D eigenvalue weighted by atomic mass is 9.95. The molecule has 2 aromatic carbocycles. The number of aromatic nitrogens is 2. The first-order valence-electron chi connectivity index (χ1n) is 10.3. The molecule has 0 atom stereocenters. The van der Waals surface area contributed by atoms with Gasteiger partial charge < -0.3 is 5.32 Å². The van der Waals surface area contributed by atoms with Crippen molar-refractivity contribution >= 4 is 11.6 Å². The summed E-state index contributed by atoms with van der Waals surface area (Å²) in [5, 5.41) is 3.49. The molecule has 3 nitrogen and oxygen atoms in total. The van der Waals surface area contributed by atoms with Crippen LogP contribution in [-0.2, 0) is 6.42 Å². The van der Waals surface area contributed by atoms with E-state index in [1.165, 1.54) is 50.1 Å². The predicted molar refractivity (Wildman–Crippen MR) is 124 cm³/mol. The summed E-state index contributed by atoms with van der Waals surface area (Å²) in [4.78, 5) is 9.64. The summed E-state index contributed by atoms with van der Waals surface area (Å²) in [6, 6.07) is 6.64. The topological polar surface area (TPSA) is 37.8 Å². The molecular formula is C26H33N3. The molecule has 1 N–H and O–H groups in total. The molecule has 0 saturated carbocycles. The van der Waals surface area contributed by atoms with E-state index in [2.05, 4.69) is 85.8 Å². The first-order chi connectivity index (χ1) is 13.6. The van der Waals surface area contributed by atoms with Crippen LogP contribution < -0.4 is 5.32 Å². The summed E-state index contributed by atoms with van der Waals surface area (Å²) >= 11 is 0. The maximum absolute atomic E-state index is 4.92. The van der Waals surface area contributed by atoms with Crippen LogP contribution in [0.2, 0.25) is 0 Å². The van der Waals surface area contributed by atoms with Crippen LogP contribution in [0.5, 0.6) is 0 Å². The van der Waals surface area contributed by atoms with E-state index in [9.17, 15) is 0 Å². The van der Waals surface area contributed by atoms with Gasteiger partial charge in [-0.1, -0.05) is 12.1 Å². The van der Waals surface area contributed by atoms with Crippen molar-refractivity contribution in [1.82, 2.24) is 9.97 Å². The first-order valence-corrected chi connectivity index (χ1v) is 10.3. The van der Waals surface area contributed by atoms with Gasteiger partial charge in [-0.3, -0.25) is 0 Å². The first kappa shape index (κ1) is 21.0. The Morgan fingerprint density at radius 1 is 0.655 bits per heavy atom. The molecule has 0 amide bonds. The second-order valence-electron chi connectivity index (χ2n) is 8.41. The molecule has 0 saturated heterocycles. The molecule has 1 aromatic heterocycles. The maximum atomic E-state index is 4.92. The molecule has 1 heterocycles. The van der Waals surface area contributed by atoms with Crippen molar-refractivity contribution in [2.45, 2.75) is 68.7 Å². The van der Waals surface area contributed by atoms with E-state index in [1.807, 2.05) is 0 Å². The number of anilines is 2. The predicted octanol–water partition coefficient (Wildman–Crippen LogP) is 6.59. The Hall–Kier alpha value is -2.68. The number of nitrogens with one attached hydrogen (secondary N) is 1. The minimum atomic E-state index is 0.676. The molecule has 3 rings (SSSR count). The van der Waals surface area contributed by atoms with Crippen LogP contribution in [0, 0.1) is 62.3 Å². The van der Waals surface area contributed by atoms with Gasteiger partial charge in [-0.2, -0.15) is 0 Å². The van der Waals surface area contributed by atoms with Crippen LogP contribution in [-0.4, -0.2) is 9.97 Å². The second kappa shape index (κ2) is 7.98. The van der Waals surface area contributed by atoms with Crippen LogP contribution in [0.4, 0.5) is 11.6 Å². The number of rotatable bonds is 4. The summed E-state index contributed by atoms with van der Waals surface area (Å²) in [7, 11) is 0. The third-order valence-electron chi connectivity index (χ3n) is 6.75. The lowest BCUT2D eigenvalue weighted by Gasteiger charge is -2.17. The van der Waals surface area contributed by atoms with Gasteiger partial charge in [0.25, 0.3) is 0 Å². The fraction of sp³-hybridized carbons (Fsp3) is 0.385. The average Bonchev–Trinajstić information content (AvgIpc) is 2.68. The highest BCUT2D eigenvalue weighted by Crippen LogP contribution is 2.28. The standard InChI is InChI=1S/C26H33N3/c1-14-10-11-23(19(6)16(14)3)13-25-21(8)22(9)27-26(29-25)28-24-12-15(2)17(4)18(5)20(24)7/h10-12H,13H2,1-9H3,(H,27,28,29). The summed E-state index contributed by atoms with van der Waals surface area (Å²) in [5.41, 5.74) is 15.0. The zero-order valence-electron chi connectivity index (χ0n) is 19.3. The highest BCUT2D eigenvalue weighted by Gasteiger charge is 2.14. The van der Waals surface area contributed by atoms with Crippen LogP contribution in [0.15, 0.2) is 18.2 Å². The fourth-order valence-electron chi connectivity index (χ4n) is 3.76. The lowest BCUT2D eigenvalue weighted by Crippen LogP contribution is -2.08. The van der Waals surface area contributed by atoms with Gasteiger partial charge in [-0.25, -0.2) is 9.97 Å². The molecule has 0 aliphatic carbocycles. The van der Waals surface area contributed by atoms with Crippen molar-refractivity contribution in [3.8, 4) is 0 Å². The number of hydrogen-bond donors (Lipinski definition) is 1. The van der Waals surface area contributed by atoms with E-state index in [-0.39, 0.29) is 0 Å². The van der Waals surface area contributed by atoms with Crippen molar-refractivity contribution in [3.05, 3.63) is 79.7 Å². The number of nitrogens with zero attached hydrogens (tertiary/aromatic N) is 2. The van der Waals surface area contributed by atoms with Crippen molar-refractivity contribution in [1.29, 1.82) is 0 Å². The quantitative estimate of drug-likeness (QED) is 0.549. The van der Waals surface area contributed by atoms with E-state index in [0.29, 0.717) is 5.95 Å². The Bertz CT molecular complexity index is 1090. The van der Waals surface area contributed by atoms with Gasteiger partial charge in [-0.15, -0.1) is 0 Å². The normalized spacial score (nSPS) is 11.1. The minimum absolute atomic E-state index is 0.676. The van der Waals surface area contributed by atoms with Gasteiger partial charge in [0.15, 0.2) is 0 Å². The molecule has 0 radical (unpaired) electrons. The Kier molecular flexibility index (Phi) is 5.79. The molecule has 0 bridgehead atoms. The molecule has 0 fully saturated rings. The van der Waals surface area contributed by atoms with Crippen molar-refractivity contribution < 1.29 is 0 Å². The van der Waals surface area contributed by atoms with Gasteiger partial charge >= 0.3 is 0 Å². The molecule has 3 heteroatoms.